The van der Waals surface area contributed by atoms with Gasteiger partial charge in [0.2, 0.25) is 5.91 Å². The Morgan fingerprint density at radius 1 is 1.11 bits per heavy atom. The number of ether oxygens (including phenoxy) is 1. The van der Waals surface area contributed by atoms with Crippen molar-refractivity contribution in [1.29, 1.82) is 0 Å². The Morgan fingerprint density at radius 3 is 2.84 bits per heavy atom. The topological polar surface area (TPSA) is 120 Å². The third-order valence-corrected chi connectivity index (χ3v) is 5.56. The molecule has 37 heavy (non-hydrogen) atoms. The van der Waals surface area contributed by atoms with E-state index in [4.69, 9.17) is 4.74 Å². The molecular weight excluding hydrogens is 468 g/mol. The van der Waals surface area contributed by atoms with Crippen LogP contribution in [0.1, 0.15) is 11.3 Å². The molecule has 2 N–H and O–H groups in total. The minimum absolute atomic E-state index is 0.228. The first kappa shape index (κ1) is 23.6. The molecule has 0 aliphatic carbocycles. The van der Waals surface area contributed by atoms with Crippen molar-refractivity contribution in [3.8, 4) is 11.5 Å². The van der Waals surface area contributed by atoms with Crippen molar-refractivity contribution in [2.24, 2.45) is 7.05 Å². The molecule has 0 saturated heterocycles. The second kappa shape index (κ2) is 10.2. The molecule has 0 atom stereocenters. The number of pyridine rings is 2. The maximum absolute atomic E-state index is 11.3. The van der Waals surface area contributed by atoms with Gasteiger partial charge in [0, 0.05) is 25.3 Å². The molecule has 4 aromatic heterocycles. The lowest BCUT2D eigenvalue weighted by Crippen LogP contribution is -2.20. The molecule has 184 valence electrons. The zero-order valence-corrected chi connectivity index (χ0v) is 20.3. The molecule has 0 radical (unpaired) electrons. The van der Waals surface area contributed by atoms with Crippen molar-refractivity contribution in [3.63, 3.8) is 0 Å². The van der Waals surface area contributed by atoms with Crippen LogP contribution in [-0.4, -0.2) is 41.9 Å². The summed E-state index contributed by atoms with van der Waals surface area (Å²) in [5.41, 5.74) is 5.40. The highest BCUT2D eigenvalue weighted by Gasteiger charge is 2.10. The summed E-state index contributed by atoms with van der Waals surface area (Å²) in [6.07, 6.45) is 9.78. The summed E-state index contributed by atoms with van der Waals surface area (Å²) in [5, 5.41) is 6.03. The van der Waals surface area contributed by atoms with Gasteiger partial charge in [-0.15, -0.1) is 0 Å². The molecule has 4 heterocycles. The molecule has 10 heteroatoms. The van der Waals surface area contributed by atoms with E-state index in [0.717, 1.165) is 28.1 Å². The SMILES string of the molecule is C=CC(=O)NCC=Cc1ccc2ncnc(Nc3ccc(Oc4cnc5c(c4)ncn5C)c(C)c3)c2n1. The number of anilines is 2. The minimum Gasteiger partial charge on any atom is -0.455 e. The molecule has 0 spiro atoms. The first-order valence-electron chi connectivity index (χ1n) is 11.5. The highest BCUT2D eigenvalue weighted by Crippen LogP contribution is 2.30. The number of carbonyl (C=O) groups is 1. The third kappa shape index (κ3) is 5.27. The Bertz CT molecular complexity index is 1660. The van der Waals surface area contributed by atoms with Gasteiger partial charge in [-0.1, -0.05) is 12.7 Å². The average Bonchev–Trinajstić information content (AvgIpc) is 3.28. The van der Waals surface area contributed by atoms with Crippen LogP contribution >= 0.6 is 0 Å². The number of nitrogens with one attached hydrogen (secondary N) is 2. The summed E-state index contributed by atoms with van der Waals surface area (Å²) in [4.78, 5) is 33.4. The molecule has 0 bridgehead atoms. The summed E-state index contributed by atoms with van der Waals surface area (Å²) >= 11 is 0. The Balaban J connectivity index is 1.34. The van der Waals surface area contributed by atoms with E-state index in [1.54, 1.807) is 12.5 Å². The maximum atomic E-state index is 11.3. The fraction of sp³-hybridized carbons (Fsp3) is 0.111. The van der Waals surface area contributed by atoms with E-state index in [2.05, 4.69) is 42.1 Å². The van der Waals surface area contributed by atoms with Crippen molar-refractivity contribution in [3.05, 3.63) is 85.2 Å². The molecule has 1 amide bonds. The molecule has 5 aromatic rings. The summed E-state index contributed by atoms with van der Waals surface area (Å²) in [6, 6.07) is 11.4. The van der Waals surface area contributed by atoms with Crippen LogP contribution in [0.25, 0.3) is 28.3 Å². The standard InChI is InChI=1S/C27H24N8O2/c1-4-24(36)28-11-5-6-18-7-9-21-25(33-18)26(31-15-30-21)34-19-8-10-23(17(2)12-19)37-20-13-22-27(29-14-20)35(3)16-32-22/h4-10,12-16H,1,11H2,2-3H3,(H,28,36)(H,30,31,34). The normalized spacial score (nSPS) is 11.2. The molecule has 1 aromatic carbocycles. The number of hydrogen-bond acceptors (Lipinski definition) is 8. The number of imidazole rings is 1. The fourth-order valence-corrected chi connectivity index (χ4v) is 3.71. The van der Waals surface area contributed by atoms with Crippen LogP contribution in [0, 0.1) is 6.92 Å². The second-order valence-corrected chi connectivity index (χ2v) is 8.25. The van der Waals surface area contributed by atoms with E-state index in [-0.39, 0.29) is 5.91 Å². The molecule has 5 rings (SSSR count). The predicted molar refractivity (Wildman–Crippen MR) is 143 cm³/mol. The molecule has 10 nitrogen and oxygen atoms in total. The van der Waals surface area contributed by atoms with Crippen LogP contribution in [0.15, 0.2) is 74.0 Å². The lowest BCUT2D eigenvalue weighted by molar-refractivity contribution is -0.116. The van der Waals surface area contributed by atoms with E-state index in [1.165, 1.54) is 12.4 Å². The van der Waals surface area contributed by atoms with Crippen molar-refractivity contribution in [1.82, 2.24) is 34.8 Å². The van der Waals surface area contributed by atoms with Crippen LogP contribution < -0.4 is 15.4 Å². The second-order valence-electron chi connectivity index (χ2n) is 8.25. The molecule has 0 unspecified atom stereocenters. The number of hydrogen-bond donors (Lipinski definition) is 2. The van der Waals surface area contributed by atoms with Crippen LogP contribution in [-0.2, 0) is 11.8 Å². The third-order valence-electron chi connectivity index (χ3n) is 5.56. The Morgan fingerprint density at radius 2 is 2.00 bits per heavy atom. The van der Waals surface area contributed by atoms with Crippen LogP contribution in [0.2, 0.25) is 0 Å². The highest BCUT2D eigenvalue weighted by molar-refractivity contribution is 5.88. The number of fused-ring (bicyclic) bond motifs is 2. The quantitative estimate of drug-likeness (QED) is 0.305. The van der Waals surface area contributed by atoms with E-state index < -0.39 is 0 Å². The van der Waals surface area contributed by atoms with E-state index >= 15 is 0 Å². The van der Waals surface area contributed by atoms with Crippen LogP contribution in [0.5, 0.6) is 11.5 Å². The average molecular weight is 493 g/mol. The van der Waals surface area contributed by atoms with Gasteiger partial charge in [0.25, 0.3) is 0 Å². The Labute approximate surface area is 212 Å². The largest absolute Gasteiger partial charge is 0.455 e. The van der Waals surface area contributed by atoms with Crippen molar-refractivity contribution < 1.29 is 9.53 Å². The first-order valence-corrected chi connectivity index (χ1v) is 11.5. The minimum atomic E-state index is -0.228. The van der Waals surface area contributed by atoms with Gasteiger partial charge in [0.1, 0.15) is 28.9 Å². The van der Waals surface area contributed by atoms with Gasteiger partial charge in [-0.25, -0.2) is 24.9 Å². The van der Waals surface area contributed by atoms with Gasteiger partial charge >= 0.3 is 0 Å². The van der Waals surface area contributed by atoms with Crippen LogP contribution in [0.4, 0.5) is 11.5 Å². The van der Waals surface area contributed by atoms with Gasteiger partial charge < -0.3 is 19.9 Å². The number of nitrogens with zero attached hydrogens (tertiary/aromatic N) is 6. The summed E-state index contributed by atoms with van der Waals surface area (Å²) in [5.74, 6) is 1.68. The van der Waals surface area contributed by atoms with Gasteiger partial charge in [0.15, 0.2) is 11.5 Å². The van der Waals surface area contributed by atoms with Crippen LogP contribution in [0.3, 0.4) is 0 Å². The zero-order valence-electron chi connectivity index (χ0n) is 20.3. The molecule has 0 fully saturated rings. The van der Waals surface area contributed by atoms with Crippen molar-refractivity contribution in [2.45, 2.75) is 6.92 Å². The number of carbonyl (C=O) groups excluding carboxylic acids is 1. The first-order chi connectivity index (χ1) is 18.0. The zero-order chi connectivity index (χ0) is 25.8. The van der Waals surface area contributed by atoms with Crippen molar-refractivity contribution >= 4 is 45.7 Å². The predicted octanol–water partition coefficient (Wildman–Crippen LogP) is 4.47. The Hall–Kier alpha value is -5.12. The van der Waals surface area contributed by atoms with Gasteiger partial charge in [-0.3, -0.25) is 4.79 Å². The van der Waals surface area contributed by atoms with E-state index in [9.17, 15) is 4.79 Å². The molecular formula is C27H24N8O2. The number of aryl methyl sites for hydroxylation is 2. The molecule has 0 saturated carbocycles. The monoisotopic (exact) mass is 492 g/mol. The number of amides is 1. The lowest BCUT2D eigenvalue weighted by atomic mass is 10.2. The summed E-state index contributed by atoms with van der Waals surface area (Å²) in [7, 11) is 1.90. The van der Waals surface area contributed by atoms with Gasteiger partial charge in [0.05, 0.1) is 23.7 Å². The Kier molecular flexibility index (Phi) is 6.54. The lowest BCUT2D eigenvalue weighted by Gasteiger charge is -2.12. The van der Waals surface area contributed by atoms with Gasteiger partial charge in [-0.2, -0.15) is 0 Å². The number of rotatable bonds is 8. The van der Waals surface area contributed by atoms with Gasteiger partial charge in [-0.05, 0) is 55.0 Å². The van der Waals surface area contributed by atoms with E-state index in [1.807, 2.05) is 67.1 Å². The highest BCUT2D eigenvalue weighted by atomic mass is 16.5. The number of benzene rings is 1. The molecule has 0 aliphatic heterocycles. The summed E-state index contributed by atoms with van der Waals surface area (Å²) < 4.78 is 7.93. The smallest absolute Gasteiger partial charge is 0.243 e. The maximum Gasteiger partial charge on any atom is 0.243 e. The summed E-state index contributed by atoms with van der Waals surface area (Å²) in [6.45, 7) is 5.78. The fourth-order valence-electron chi connectivity index (χ4n) is 3.71. The molecule has 0 aliphatic rings. The van der Waals surface area contributed by atoms with E-state index in [0.29, 0.717) is 34.9 Å². The van der Waals surface area contributed by atoms with Crippen molar-refractivity contribution in [2.75, 3.05) is 11.9 Å². The number of aromatic nitrogens is 6.